The fourth-order valence-electron chi connectivity index (χ4n) is 8.17. The molecule has 2 aromatic heterocycles. The molecular weight excluding hydrogens is 751 g/mol. The van der Waals surface area contributed by atoms with Crippen LogP contribution in [0.2, 0.25) is 0 Å². The molecule has 2 saturated heterocycles. The molecule has 0 N–H and O–H groups in total. The van der Waals surface area contributed by atoms with E-state index in [4.69, 9.17) is 18.9 Å². The number of nitrogens with zero attached hydrogens (tertiary/aromatic N) is 3. The van der Waals surface area contributed by atoms with Gasteiger partial charge in [-0.25, -0.2) is 0 Å². The van der Waals surface area contributed by atoms with E-state index in [1.807, 2.05) is 96.4 Å². The average molecular weight is 792 g/mol. The molecule has 4 unspecified atom stereocenters. The number of amides is 2. The van der Waals surface area contributed by atoms with Gasteiger partial charge in [0.05, 0.1) is 62.1 Å². The lowest BCUT2D eigenvalue weighted by molar-refractivity contribution is -0.142. The summed E-state index contributed by atoms with van der Waals surface area (Å²) in [7, 11) is 6.50. The van der Waals surface area contributed by atoms with Crippen molar-refractivity contribution in [2.75, 3.05) is 28.4 Å². The second-order valence-electron chi connectivity index (χ2n) is 13.5. The molecule has 55 heavy (non-hydrogen) atoms. The summed E-state index contributed by atoms with van der Waals surface area (Å²) < 4.78 is 26.1. The summed E-state index contributed by atoms with van der Waals surface area (Å²) >= 11 is 4.65. The quantitative estimate of drug-likeness (QED) is 0.128. The molecule has 12 heteroatoms. The van der Waals surface area contributed by atoms with Crippen LogP contribution < -0.4 is 18.9 Å². The summed E-state index contributed by atoms with van der Waals surface area (Å²) in [6, 6.07) is 31.7. The fourth-order valence-corrected chi connectivity index (χ4v) is 12.9. The van der Waals surface area contributed by atoms with Gasteiger partial charge in [0.2, 0.25) is 11.8 Å². The molecular formula is C43H41N3O6S3. The van der Waals surface area contributed by atoms with Gasteiger partial charge in [-0.2, -0.15) is 0 Å². The predicted octanol–water partition coefficient (Wildman–Crippen LogP) is 8.82. The Hall–Kier alpha value is -4.91. The Bertz CT molecular complexity index is 2360. The van der Waals surface area contributed by atoms with Crippen LogP contribution in [0.5, 0.6) is 23.0 Å². The summed E-state index contributed by atoms with van der Waals surface area (Å²) in [5, 5.41) is 0.996. The van der Waals surface area contributed by atoms with Crippen LogP contribution in [0.1, 0.15) is 35.4 Å². The van der Waals surface area contributed by atoms with Crippen molar-refractivity contribution in [2.24, 2.45) is 0 Å². The molecule has 2 fully saturated rings. The maximum Gasteiger partial charge on any atom is 0.237 e. The van der Waals surface area contributed by atoms with Gasteiger partial charge < -0.3 is 28.7 Å². The van der Waals surface area contributed by atoms with Crippen molar-refractivity contribution in [3.63, 3.8) is 0 Å². The van der Waals surface area contributed by atoms with Crippen molar-refractivity contribution in [1.29, 1.82) is 0 Å². The number of hydrogen-bond acceptors (Lipinski definition) is 10. The third-order valence-corrected chi connectivity index (χ3v) is 14.9. The molecule has 8 rings (SSSR count). The number of aromatic nitrogens is 1. The van der Waals surface area contributed by atoms with Crippen LogP contribution in [0.25, 0.3) is 21.0 Å². The summed E-state index contributed by atoms with van der Waals surface area (Å²) in [5.74, 6) is 1.91. The second-order valence-corrected chi connectivity index (χ2v) is 17.7. The lowest BCUT2D eigenvalue weighted by Gasteiger charge is -2.54. The molecule has 2 aliphatic rings. The number of carbonyl (C=O) groups excluding carboxylic acids is 2. The molecule has 0 aliphatic carbocycles. The predicted molar refractivity (Wildman–Crippen MR) is 221 cm³/mol. The normalized spacial score (nSPS) is 22.5. The lowest BCUT2D eigenvalue weighted by atomic mass is 9.85. The molecule has 0 spiro atoms. The van der Waals surface area contributed by atoms with E-state index in [1.165, 1.54) is 23.5 Å². The minimum absolute atomic E-state index is 0.0759. The van der Waals surface area contributed by atoms with Crippen LogP contribution in [0.3, 0.4) is 0 Å². The van der Waals surface area contributed by atoms with Gasteiger partial charge in [-0.15, -0.1) is 34.9 Å². The zero-order chi connectivity index (χ0) is 38.5. The van der Waals surface area contributed by atoms with E-state index in [1.54, 1.807) is 46.0 Å². The fraction of sp³-hybridized carbons (Fsp3) is 0.279. The number of methoxy groups -OCH3 is 4. The Balaban J connectivity index is 1.50. The van der Waals surface area contributed by atoms with E-state index in [-0.39, 0.29) is 24.9 Å². The first-order chi connectivity index (χ1) is 26.7. The number of hydrogen-bond donors (Lipinski definition) is 0. The summed E-state index contributed by atoms with van der Waals surface area (Å²) in [6.45, 7) is 4.34. The smallest absolute Gasteiger partial charge is 0.237 e. The molecule has 9 nitrogen and oxygen atoms in total. The van der Waals surface area contributed by atoms with Gasteiger partial charge in [-0.1, -0.05) is 42.5 Å². The molecule has 4 heterocycles. The van der Waals surface area contributed by atoms with E-state index in [0.29, 0.717) is 34.1 Å². The zero-order valence-corrected chi connectivity index (χ0v) is 33.8. The van der Waals surface area contributed by atoms with Crippen molar-refractivity contribution >= 4 is 67.7 Å². The van der Waals surface area contributed by atoms with Crippen LogP contribution in [0, 0.1) is 0 Å². The summed E-state index contributed by atoms with van der Waals surface area (Å²) in [6.07, 6.45) is 1.77. The Morgan fingerprint density at radius 2 is 1.15 bits per heavy atom. The molecule has 282 valence electrons. The summed E-state index contributed by atoms with van der Waals surface area (Å²) in [4.78, 5) is 37.0. The minimum Gasteiger partial charge on any atom is -0.496 e. The van der Waals surface area contributed by atoms with Crippen LogP contribution in [-0.2, 0) is 32.4 Å². The first kappa shape index (κ1) is 37.0. The first-order valence-electron chi connectivity index (χ1n) is 17.9. The third kappa shape index (κ3) is 5.79. The van der Waals surface area contributed by atoms with E-state index in [2.05, 4.69) is 29.2 Å². The molecule has 0 saturated carbocycles. The van der Waals surface area contributed by atoms with Crippen molar-refractivity contribution in [3.8, 4) is 23.0 Å². The van der Waals surface area contributed by atoms with Gasteiger partial charge >= 0.3 is 0 Å². The second kappa shape index (κ2) is 14.6. The van der Waals surface area contributed by atoms with Crippen molar-refractivity contribution in [3.05, 3.63) is 125 Å². The standard InChI is InChI=1S/C43H41N3O6S3/c1-26-40(47)45(24-28-19-20-32-29(22-28)13-11-21-44-32)42(54-26,38-33(49-3)14-9-15-34(38)50-4)43(39-35(51-5)16-10-17-36(39)52-6)46(41(48)27(2)55-43)25-31-23-30-12-7-8-18-37(30)53-31/h7-23,26-27H,24-25H2,1-6H3. The highest BCUT2D eigenvalue weighted by Crippen LogP contribution is 2.72. The van der Waals surface area contributed by atoms with Crippen molar-refractivity contribution in [1.82, 2.24) is 14.8 Å². The van der Waals surface area contributed by atoms with E-state index in [0.717, 1.165) is 31.4 Å². The Morgan fingerprint density at radius 3 is 1.69 bits per heavy atom. The van der Waals surface area contributed by atoms with Crippen LogP contribution in [0.15, 0.2) is 103 Å². The van der Waals surface area contributed by atoms with Crippen molar-refractivity contribution < 1.29 is 28.5 Å². The first-order valence-corrected chi connectivity index (χ1v) is 20.5. The third-order valence-electron chi connectivity index (χ3n) is 10.5. The number of carbonyl (C=O) groups is 2. The molecule has 2 amide bonds. The van der Waals surface area contributed by atoms with Gasteiger partial charge in [0.15, 0.2) is 9.74 Å². The van der Waals surface area contributed by atoms with Gasteiger partial charge in [-0.3, -0.25) is 14.6 Å². The van der Waals surface area contributed by atoms with Gasteiger partial charge in [0.25, 0.3) is 0 Å². The lowest BCUT2D eigenvalue weighted by Crippen LogP contribution is -2.61. The Kier molecular flexibility index (Phi) is 9.85. The summed E-state index contributed by atoms with van der Waals surface area (Å²) in [5.41, 5.74) is 3.03. The molecule has 6 aromatic rings. The van der Waals surface area contributed by atoms with Gasteiger partial charge in [0.1, 0.15) is 23.0 Å². The SMILES string of the molecule is COc1cccc(OC)c1C1(C2(c3c(OC)cccc3OC)SC(C)C(=O)N2Cc2cc3ccccc3s2)SC(C)C(=O)N1Cc1ccc2ncccc2c1. The van der Waals surface area contributed by atoms with E-state index >= 15 is 9.59 Å². The highest BCUT2D eigenvalue weighted by atomic mass is 32.2. The number of thiophene rings is 1. The number of benzene rings is 4. The monoisotopic (exact) mass is 791 g/mol. The Morgan fingerprint density at radius 1 is 0.618 bits per heavy atom. The molecule has 4 aromatic carbocycles. The highest BCUT2D eigenvalue weighted by molar-refractivity contribution is 8.06. The largest absolute Gasteiger partial charge is 0.496 e. The topological polar surface area (TPSA) is 90.4 Å². The van der Waals surface area contributed by atoms with E-state index in [9.17, 15) is 0 Å². The highest BCUT2D eigenvalue weighted by Gasteiger charge is 2.73. The maximum absolute atomic E-state index is 15.2. The van der Waals surface area contributed by atoms with Gasteiger partial charge in [-0.05, 0) is 79.4 Å². The number of rotatable bonds is 11. The van der Waals surface area contributed by atoms with Gasteiger partial charge in [0, 0.05) is 27.7 Å². The molecule has 4 atom stereocenters. The van der Waals surface area contributed by atoms with Crippen LogP contribution in [0.4, 0.5) is 0 Å². The van der Waals surface area contributed by atoms with Crippen LogP contribution in [-0.4, -0.2) is 65.5 Å². The Labute approximate surface area is 332 Å². The maximum atomic E-state index is 15.2. The molecule has 2 aliphatic heterocycles. The average Bonchev–Trinajstić information content (AvgIpc) is 3.83. The number of thioether (sulfide) groups is 2. The van der Waals surface area contributed by atoms with Crippen LogP contribution >= 0.6 is 34.9 Å². The number of fused-ring (bicyclic) bond motifs is 2. The number of pyridine rings is 1. The van der Waals surface area contributed by atoms with E-state index < -0.39 is 20.2 Å². The van der Waals surface area contributed by atoms with Crippen molar-refractivity contribution in [2.45, 2.75) is 47.2 Å². The molecule has 0 radical (unpaired) electrons. The molecule has 0 bridgehead atoms. The minimum atomic E-state index is -1.39. The zero-order valence-electron chi connectivity index (χ0n) is 31.4. The number of ether oxygens (including phenoxy) is 4.